The summed E-state index contributed by atoms with van der Waals surface area (Å²) < 4.78 is 17.3. The zero-order chi connectivity index (χ0) is 24.1. The summed E-state index contributed by atoms with van der Waals surface area (Å²) >= 11 is 0. The number of ether oxygens (including phenoxy) is 3. The lowest BCUT2D eigenvalue weighted by atomic mass is 9.49. The lowest BCUT2D eigenvalue weighted by molar-refractivity contribution is -0.270. The van der Waals surface area contributed by atoms with Crippen molar-refractivity contribution in [2.75, 3.05) is 51.8 Å². The van der Waals surface area contributed by atoms with Crippen LogP contribution in [0, 0.1) is 17.3 Å². The molecule has 1 aromatic carbocycles. The number of nitrogens with zero attached hydrogens (tertiary/aromatic N) is 2. The molecule has 188 valence electrons. The molecule has 7 nitrogen and oxygen atoms in total. The van der Waals surface area contributed by atoms with Crippen LogP contribution in [0.2, 0.25) is 0 Å². The van der Waals surface area contributed by atoms with E-state index < -0.39 is 11.2 Å². The van der Waals surface area contributed by atoms with E-state index in [1.807, 2.05) is 12.1 Å². The van der Waals surface area contributed by atoms with Crippen molar-refractivity contribution in [1.82, 2.24) is 4.90 Å². The predicted octanol–water partition coefficient (Wildman–Crippen LogP) is 3.10. The highest BCUT2D eigenvalue weighted by Gasteiger charge is 2.67. The molecule has 1 aromatic rings. The Labute approximate surface area is 203 Å². The zero-order valence-electron chi connectivity index (χ0n) is 21.1. The third kappa shape index (κ3) is 3.71. The number of aliphatic hydroxyl groups is 1. The van der Waals surface area contributed by atoms with Gasteiger partial charge in [-0.1, -0.05) is 13.0 Å². The van der Waals surface area contributed by atoms with Crippen LogP contribution in [0.4, 0.5) is 5.69 Å². The zero-order valence-corrected chi connectivity index (χ0v) is 21.1. The Kier molecular flexibility index (Phi) is 6.10. The second kappa shape index (κ2) is 8.68. The van der Waals surface area contributed by atoms with Gasteiger partial charge in [-0.05, 0) is 51.2 Å². The molecule has 0 spiro atoms. The lowest BCUT2D eigenvalue weighted by Gasteiger charge is -2.62. The Morgan fingerprint density at radius 1 is 1.12 bits per heavy atom. The minimum Gasteiger partial charge on any atom is -0.497 e. The second-order valence-electron chi connectivity index (χ2n) is 11.4. The average Bonchev–Trinajstić information content (AvgIpc) is 3.12. The lowest BCUT2D eigenvalue weighted by Crippen LogP contribution is -2.69. The molecule has 6 atom stereocenters. The van der Waals surface area contributed by atoms with Gasteiger partial charge in [0.1, 0.15) is 11.9 Å². The first kappa shape index (κ1) is 23.9. The van der Waals surface area contributed by atoms with Gasteiger partial charge in [-0.25, -0.2) is 0 Å². The maximum atomic E-state index is 13.0. The quantitative estimate of drug-likeness (QED) is 0.661. The van der Waals surface area contributed by atoms with Gasteiger partial charge in [0.25, 0.3) is 0 Å². The SMILES string of the molecule is COc1cccc(N2CCN(CC3C(=O)O[C@@H]4C[C@@]5(C)CCC[C@@](C)(OC)C5(O)C[C@H]34)CC2)c1. The van der Waals surface area contributed by atoms with E-state index in [4.69, 9.17) is 14.2 Å². The van der Waals surface area contributed by atoms with Crippen molar-refractivity contribution in [3.8, 4) is 5.75 Å². The molecule has 1 N–H and O–H groups in total. The smallest absolute Gasteiger partial charge is 0.310 e. The van der Waals surface area contributed by atoms with E-state index >= 15 is 0 Å². The maximum absolute atomic E-state index is 13.0. The minimum atomic E-state index is -0.953. The molecule has 7 heteroatoms. The Morgan fingerprint density at radius 3 is 2.59 bits per heavy atom. The molecule has 0 bridgehead atoms. The molecule has 4 fully saturated rings. The van der Waals surface area contributed by atoms with E-state index in [9.17, 15) is 9.90 Å². The summed E-state index contributed by atoms with van der Waals surface area (Å²) in [5, 5.41) is 12.1. The first-order valence-corrected chi connectivity index (χ1v) is 12.8. The fourth-order valence-corrected chi connectivity index (χ4v) is 7.37. The van der Waals surface area contributed by atoms with Crippen LogP contribution in [-0.2, 0) is 14.3 Å². The van der Waals surface area contributed by atoms with Gasteiger partial charge in [0.05, 0.1) is 24.2 Å². The van der Waals surface area contributed by atoms with Gasteiger partial charge in [0, 0.05) is 62.9 Å². The third-order valence-corrected chi connectivity index (χ3v) is 9.70. The highest BCUT2D eigenvalue weighted by Crippen LogP contribution is 2.61. The van der Waals surface area contributed by atoms with Crippen molar-refractivity contribution in [3.63, 3.8) is 0 Å². The number of benzene rings is 1. The van der Waals surface area contributed by atoms with Crippen molar-refractivity contribution < 1.29 is 24.1 Å². The summed E-state index contributed by atoms with van der Waals surface area (Å²) in [6.45, 7) is 8.53. The molecule has 2 aliphatic carbocycles. The number of hydrogen-bond donors (Lipinski definition) is 1. The van der Waals surface area contributed by atoms with E-state index in [-0.39, 0.29) is 29.3 Å². The van der Waals surface area contributed by atoms with Gasteiger partial charge in [-0.15, -0.1) is 0 Å². The van der Waals surface area contributed by atoms with Crippen LogP contribution in [0.25, 0.3) is 0 Å². The van der Waals surface area contributed by atoms with Gasteiger partial charge >= 0.3 is 5.97 Å². The van der Waals surface area contributed by atoms with E-state index in [0.717, 1.165) is 57.6 Å². The summed E-state index contributed by atoms with van der Waals surface area (Å²) in [4.78, 5) is 17.8. The number of methoxy groups -OCH3 is 2. The highest BCUT2D eigenvalue weighted by atomic mass is 16.6. The van der Waals surface area contributed by atoms with E-state index in [0.29, 0.717) is 13.0 Å². The van der Waals surface area contributed by atoms with Crippen LogP contribution >= 0.6 is 0 Å². The number of fused-ring (bicyclic) bond motifs is 2. The molecular formula is C27H40N2O5. The topological polar surface area (TPSA) is 71.5 Å². The first-order valence-electron chi connectivity index (χ1n) is 12.8. The molecule has 2 aliphatic heterocycles. The fourth-order valence-electron chi connectivity index (χ4n) is 7.37. The number of carbonyl (C=O) groups is 1. The molecule has 4 aliphatic rings. The number of anilines is 1. The molecule has 5 rings (SSSR count). The number of hydrogen-bond acceptors (Lipinski definition) is 7. The van der Waals surface area contributed by atoms with E-state index in [1.165, 1.54) is 5.69 Å². The molecule has 0 aromatic heterocycles. The van der Waals surface area contributed by atoms with Gasteiger partial charge in [-0.2, -0.15) is 0 Å². The summed E-state index contributed by atoms with van der Waals surface area (Å²) in [5.74, 6) is 0.627. The van der Waals surface area contributed by atoms with Crippen molar-refractivity contribution >= 4 is 11.7 Å². The van der Waals surface area contributed by atoms with Crippen molar-refractivity contribution in [2.45, 2.75) is 63.3 Å². The van der Waals surface area contributed by atoms with Crippen LogP contribution in [0.5, 0.6) is 5.75 Å². The first-order chi connectivity index (χ1) is 16.2. The van der Waals surface area contributed by atoms with Gasteiger partial charge in [-0.3, -0.25) is 9.69 Å². The molecule has 2 heterocycles. The van der Waals surface area contributed by atoms with Gasteiger partial charge in [0.2, 0.25) is 0 Å². The predicted molar refractivity (Wildman–Crippen MR) is 130 cm³/mol. The highest BCUT2D eigenvalue weighted by molar-refractivity contribution is 5.75. The third-order valence-electron chi connectivity index (χ3n) is 9.70. The summed E-state index contributed by atoms with van der Waals surface area (Å²) in [6.07, 6.45) is 4.01. The summed E-state index contributed by atoms with van der Waals surface area (Å²) in [6, 6.07) is 8.18. The molecule has 2 saturated heterocycles. The molecule has 2 saturated carbocycles. The standard InChI is InChI=1S/C27H40N2O5/c1-25-9-6-10-26(2,33-4)27(25,31)16-21-22(24(30)34-23(21)17-25)18-28-11-13-29(14-12-28)19-7-5-8-20(15-19)32-3/h5,7-8,15,21-23,31H,6,9-14,16-18H2,1-4H3/t21-,22?,23-,25-,26-,27?/m1/s1. The fraction of sp³-hybridized carbons (Fsp3) is 0.741. The summed E-state index contributed by atoms with van der Waals surface area (Å²) in [5.41, 5.74) is -0.673. The number of piperazine rings is 1. The molecule has 2 unspecified atom stereocenters. The van der Waals surface area contributed by atoms with Crippen molar-refractivity contribution in [2.24, 2.45) is 17.3 Å². The number of carbonyl (C=O) groups excluding carboxylic acids is 1. The second-order valence-corrected chi connectivity index (χ2v) is 11.4. The minimum absolute atomic E-state index is 0.0366. The van der Waals surface area contributed by atoms with Crippen molar-refractivity contribution in [1.29, 1.82) is 0 Å². The Morgan fingerprint density at radius 2 is 1.88 bits per heavy atom. The molecule has 0 amide bonds. The maximum Gasteiger partial charge on any atom is 0.310 e. The Bertz CT molecular complexity index is 918. The average molecular weight is 473 g/mol. The Balaban J connectivity index is 1.27. The van der Waals surface area contributed by atoms with E-state index in [2.05, 4.69) is 35.8 Å². The van der Waals surface area contributed by atoms with E-state index in [1.54, 1.807) is 14.2 Å². The van der Waals surface area contributed by atoms with Gasteiger partial charge in [0.15, 0.2) is 0 Å². The van der Waals surface area contributed by atoms with Crippen molar-refractivity contribution in [3.05, 3.63) is 24.3 Å². The number of rotatable bonds is 5. The van der Waals surface area contributed by atoms with Crippen LogP contribution < -0.4 is 9.64 Å². The van der Waals surface area contributed by atoms with Gasteiger partial charge < -0.3 is 24.2 Å². The monoisotopic (exact) mass is 472 g/mol. The van der Waals surface area contributed by atoms with Crippen LogP contribution in [-0.4, -0.2) is 80.2 Å². The number of esters is 1. The summed E-state index contributed by atoms with van der Waals surface area (Å²) in [7, 11) is 3.41. The molecular weight excluding hydrogens is 432 g/mol. The molecule has 0 radical (unpaired) electrons. The largest absolute Gasteiger partial charge is 0.497 e. The van der Waals surface area contributed by atoms with Crippen LogP contribution in [0.3, 0.4) is 0 Å². The van der Waals surface area contributed by atoms with Crippen LogP contribution in [0.15, 0.2) is 24.3 Å². The van der Waals surface area contributed by atoms with Crippen LogP contribution in [0.1, 0.15) is 46.0 Å². The normalized spacial score (nSPS) is 40.4. The Hall–Kier alpha value is -1.83. The molecule has 34 heavy (non-hydrogen) atoms.